The monoisotopic (exact) mass is 466 g/mol. The average molecular weight is 466 g/mol. The number of nitrogens with one attached hydrogen (secondary N) is 2. The Balaban J connectivity index is 1.78. The molecule has 2 N–H and O–H groups in total. The van der Waals surface area contributed by atoms with E-state index in [1.807, 2.05) is 6.92 Å². The van der Waals surface area contributed by atoms with E-state index in [0.29, 0.717) is 35.8 Å². The van der Waals surface area contributed by atoms with E-state index in [-0.39, 0.29) is 16.9 Å². The number of aliphatic imine (C=N–C) groups is 1. The van der Waals surface area contributed by atoms with Gasteiger partial charge in [-0.3, -0.25) is 9.79 Å². The standard InChI is InChI=1S/C21H21F3N4O3S/c1-3-25-8-9-26-19-17(32-20(29)28-19)11-13-4-6-15(16(10-13)30-2)31-18-7-5-14(12-27-18)21(22,23)24/h4-7,10-12,25H,3,8-9H2,1-2H3,(H,26,28,29)/b17-11-. The van der Waals surface area contributed by atoms with Crippen LogP contribution in [0.3, 0.4) is 0 Å². The van der Waals surface area contributed by atoms with E-state index in [9.17, 15) is 18.0 Å². The Hall–Kier alpha value is -3.05. The van der Waals surface area contributed by atoms with Gasteiger partial charge >= 0.3 is 6.18 Å². The first kappa shape index (κ1) is 23.6. The maximum Gasteiger partial charge on any atom is 0.417 e. The third kappa shape index (κ3) is 6.24. The number of carbonyl (C=O) groups is 1. The second kappa shape index (κ2) is 10.5. The highest BCUT2D eigenvalue weighted by Gasteiger charge is 2.30. The van der Waals surface area contributed by atoms with E-state index < -0.39 is 11.7 Å². The molecule has 1 aliphatic heterocycles. The number of amidine groups is 1. The lowest BCUT2D eigenvalue weighted by Crippen LogP contribution is -2.22. The molecule has 0 radical (unpaired) electrons. The number of methoxy groups -OCH3 is 1. The number of rotatable bonds is 8. The molecule has 1 aromatic heterocycles. The molecule has 1 saturated heterocycles. The van der Waals surface area contributed by atoms with Gasteiger partial charge in [0.25, 0.3) is 5.24 Å². The topological polar surface area (TPSA) is 84.8 Å². The van der Waals surface area contributed by atoms with E-state index in [0.717, 1.165) is 36.0 Å². The number of hydrogen-bond donors (Lipinski definition) is 2. The molecular weight excluding hydrogens is 445 g/mol. The minimum absolute atomic E-state index is 0.00124. The fourth-order valence-electron chi connectivity index (χ4n) is 2.70. The number of alkyl halides is 3. The summed E-state index contributed by atoms with van der Waals surface area (Å²) in [7, 11) is 1.45. The second-order valence-corrected chi connectivity index (χ2v) is 7.52. The fourth-order valence-corrected chi connectivity index (χ4v) is 3.46. The smallest absolute Gasteiger partial charge is 0.417 e. The van der Waals surface area contributed by atoms with E-state index >= 15 is 0 Å². The molecule has 170 valence electrons. The van der Waals surface area contributed by atoms with Gasteiger partial charge < -0.3 is 20.1 Å². The van der Waals surface area contributed by atoms with Crippen LogP contribution in [0.2, 0.25) is 0 Å². The van der Waals surface area contributed by atoms with Crippen molar-refractivity contribution in [3.8, 4) is 17.4 Å². The average Bonchev–Trinajstić information content (AvgIpc) is 3.10. The number of nitrogens with zero attached hydrogens (tertiary/aromatic N) is 2. The van der Waals surface area contributed by atoms with Crippen molar-refractivity contribution >= 4 is 28.9 Å². The first-order valence-corrected chi connectivity index (χ1v) is 10.5. The lowest BCUT2D eigenvalue weighted by atomic mass is 10.2. The highest BCUT2D eigenvalue weighted by Crippen LogP contribution is 2.35. The molecule has 0 unspecified atom stereocenters. The third-order valence-corrected chi connectivity index (χ3v) is 5.05. The molecule has 0 bridgehead atoms. The molecule has 0 atom stereocenters. The van der Waals surface area contributed by atoms with Crippen molar-refractivity contribution in [2.75, 3.05) is 26.7 Å². The Bertz CT molecular complexity index is 1020. The minimum atomic E-state index is -4.47. The van der Waals surface area contributed by atoms with Gasteiger partial charge in [0.1, 0.15) is 5.84 Å². The normalized spacial score (nSPS) is 16.5. The summed E-state index contributed by atoms with van der Waals surface area (Å²) in [5.74, 6) is 1.15. The number of ether oxygens (including phenoxy) is 2. The lowest BCUT2D eigenvalue weighted by molar-refractivity contribution is -0.137. The predicted octanol–water partition coefficient (Wildman–Crippen LogP) is 4.71. The maximum atomic E-state index is 12.7. The van der Waals surface area contributed by atoms with Gasteiger partial charge in [-0.2, -0.15) is 13.2 Å². The van der Waals surface area contributed by atoms with Crippen LogP contribution >= 0.6 is 11.8 Å². The summed E-state index contributed by atoms with van der Waals surface area (Å²) >= 11 is 1.04. The quantitative estimate of drug-likeness (QED) is 0.549. The molecule has 3 rings (SSSR count). The van der Waals surface area contributed by atoms with Gasteiger partial charge in [0.15, 0.2) is 11.5 Å². The van der Waals surface area contributed by atoms with Gasteiger partial charge in [-0.1, -0.05) is 13.0 Å². The Labute approximate surface area is 187 Å². The summed E-state index contributed by atoms with van der Waals surface area (Å²) in [5.41, 5.74) is -0.132. The summed E-state index contributed by atoms with van der Waals surface area (Å²) in [6, 6.07) is 7.06. The predicted molar refractivity (Wildman–Crippen MR) is 117 cm³/mol. The van der Waals surface area contributed by atoms with E-state index in [2.05, 4.69) is 20.6 Å². The summed E-state index contributed by atoms with van der Waals surface area (Å²) in [5, 5.41) is 5.68. The molecule has 2 aromatic rings. The largest absolute Gasteiger partial charge is 0.493 e. The molecule has 32 heavy (non-hydrogen) atoms. The number of thioether (sulfide) groups is 1. The Morgan fingerprint density at radius 3 is 2.72 bits per heavy atom. The summed E-state index contributed by atoms with van der Waals surface area (Å²) in [4.78, 5) is 20.6. The molecule has 0 spiro atoms. The molecule has 1 aromatic carbocycles. The first-order valence-electron chi connectivity index (χ1n) is 9.65. The Kier molecular flexibility index (Phi) is 7.75. The highest BCUT2D eigenvalue weighted by molar-refractivity contribution is 8.18. The zero-order valence-electron chi connectivity index (χ0n) is 17.3. The Morgan fingerprint density at radius 1 is 1.25 bits per heavy atom. The first-order chi connectivity index (χ1) is 15.3. The van der Waals surface area contributed by atoms with Crippen molar-refractivity contribution in [1.29, 1.82) is 0 Å². The van der Waals surface area contributed by atoms with Gasteiger partial charge in [0, 0.05) is 18.8 Å². The van der Waals surface area contributed by atoms with E-state index in [1.54, 1.807) is 24.3 Å². The van der Waals surface area contributed by atoms with Gasteiger partial charge in [0.2, 0.25) is 5.88 Å². The van der Waals surface area contributed by atoms with Crippen LogP contribution in [0.15, 0.2) is 46.4 Å². The molecular formula is C21H21F3N4O3S. The van der Waals surface area contributed by atoms with Crippen LogP contribution in [0.5, 0.6) is 17.4 Å². The number of carbonyl (C=O) groups excluding carboxylic acids is 1. The number of pyridine rings is 1. The van der Waals surface area contributed by atoms with Gasteiger partial charge in [-0.15, -0.1) is 0 Å². The number of benzene rings is 1. The van der Waals surface area contributed by atoms with Crippen LogP contribution in [-0.2, 0) is 6.18 Å². The molecule has 7 nitrogen and oxygen atoms in total. The van der Waals surface area contributed by atoms with Gasteiger partial charge in [-0.05, 0) is 48.1 Å². The second-order valence-electron chi connectivity index (χ2n) is 6.50. The van der Waals surface area contributed by atoms with Gasteiger partial charge in [0.05, 0.1) is 24.1 Å². The molecule has 0 aliphatic carbocycles. The number of aromatic nitrogens is 1. The molecule has 0 saturated carbocycles. The van der Waals surface area contributed by atoms with E-state index in [1.165, 1.54) is 7.11 Å². The number of halogens is 3. The van der Waals surface area contributed by atoms with Crippen molar-refractivity contribution in [2.45, 2.75) is 13.1 Å². The van der Waals surface area contributed by atoms with Gasteiger partial charge in [-0.25, -0.2) is 4.98 Å². The molecule has 2 heterocycles. The zero-order valence-corrected chi connectivity index (χ0v) is 18.1. The van der Waals surface area contributed by atoms with Crippen LogP contribution in [0.1, 0.15) is 18.1 Å². The van der Waals surface area contributed by atoms with Crippen LogP contribution in [0, 0.1) is 0 Å². The summed E-state index contributed by atoms with van der Waals surface area (Å²) in [6.45, 7) is 4.06. The lowest BCUT2D eigenvalue weighted by Gasteiger charge is -2.11. The van der Waals surface area contributed by atoms with Crippen molar-refractivity contribution in [2.24, 2.45) is 4.99 Å². The van der Waals surface area contributed by atoms with Crippen molar-refractivity contribution in [1.82, 2.24) is 15.6 Å². The molecule has 11 heteroatoms. The maximum absolute atomic E-state index is 12.7. The molecule has 1 fully saturated rings. The number of amides is 1. The van der Waals surface area contributed by atoms with Crippen LogP contribution in [0.4, 0.5) is 18.0 Å². The highest BCUT2D eigenvalue weighted by atomic mass is 32.2. The minimum Gasteiger partial charge on any atom is -0.493 e. The SMILES string of the molecule is CCNCCN=C1NC(=O)S/C1=C\c1ccc(Oc2ccc(C(F)(F)F)cn2)c(OC)c1. The fraction of sp³-hybridized carbons (Fsp3) is 0.286. The summed E-state index contributed by atoms with van der Waals surface area (Å²) < 4.78 is 49.0. The summed E-state index contributed by atoms with van der Waals surface area (Å²) in [6.07, 6.45) is -1.97. The zero-order chi connectivity index (χ0) is 23.1. The third-order valence-electron chi connectivity index (χ3n) is 4.23. The number of likely N-dealkylation sites (N-methyl/N-ethyl adjacent to an activating group) is 1. The molecule has 1 aliphatic rings. The van der Waals surface area contributed by atoms with Crippen molar-refractivity contribution in [3.63, 3.8) is 0 Å². The number of hydrogen-bond acceptors (Lipinski definition) is 7. The van der Waals surface area contributed by atoms with Crippen molar-refractivity contribution < 1.29 is 27.4 Å². The Morgan fingerprint density at radius 2 is 2.06 bits per heavy atom. The van der Waals surface area contributed by atoms with Crippen LogP contribution in [-0.4, -0.2) is 42.8 Å². The van der Waals surface area contributed by atoms with Crippen molar-refractivity contribution in [3.05, 3.63) is 52.6 Å². The van der Waals surface area contributed by atoms with E-state index in [4.69, 9.17) is 9.47 Å². The molecule has 1 amide bonds. The van der Waals surface area contributed by atoms with Crippen LogP contribution < -0.4 is 20.1 Å². The van der Waals surface area contributed by atoms with Crippen LogP contribution in [0.25, 0.3) is 6.08 Å².